The summed E-state index contributed by atoms with van der Waals surface area (Å²) in [4.78, 5) is 0. The van der Waals surface area contributed by atoms with Crippen LogP contribution in [-0.4, -0.2) is 86.7 Å². The van der Waals surface area contributed by atoms with Gasteiger partial charge >= 0.3 is 0 Å². The van der Waals surface area contributed by atoms with Gasteiger partial charge in [0.05, 0.1) is 39.6 Å². The van der Waals surface area contributed by atoms with Crippen molar-refractivity contribution < 1.29 is 37.9 Å². The molecule has 2 atom stereocenters. The first-order chi connectivity index (χ1) is 13.4. The normalized spacial score (nSPS) is 15.4. The van der Waals surface area contributed by atoms with Crippen molar-refractivity contribution in [2.24, 2.45) is 5.41 Å². The molecule has 2 N–H and O–H groups in total. The highest BCUT2D eigenvalue weighted by Gasteiger charge is 2.23. The summed E-state index contributed by atoms with van der Waals surface area (Å²) in [6, 6.07) is 0. The molecule has 29 heavy (non-hydrogen) atoms. The Morgan fingerprint density at radius 2 is 1.00 bits per heavy atom. The molecule has 0 aliphatic carbocycles. The number of aliphatic hydroxyl groups excluding tert-OH is 2. The quantitative estimate of drug-likeness (QED) is 0.299. The smallest absolute Gasteiger partial charge is 0.202 e. The van der Waals surface area contributed by atoms with E-state index >= 15 is 0 Å². The topological polar surface area (TPSA) is 112 Å². The second-order valence-corrected chi connectivity index (χ2v) is 14.3. The molecule has 0 aromatic heterocycles. The summed E-state index contributed by atoms with van der Waals surface area (Å²) in [7, 11) is -5.26. The lowest BCUT2D eigenvalue weighted by atomic mass is 9.96. The molecule has 0 fully saturated rings. The van der Waals surface area contributed by atoms with Crippen molar-refractivity contribution in [3.63, 3.8) is 0 Å². The van der Waals surface area contributed by atoms with Crippen LogP contribution in [0.4, 0.5) is 0 Å². The summed E-state index contributed by atoms with van der Waals surface area (Å²) in [5.74, 6) is 0. The van der Waals surface area contributed by atoms with Gasteiger partial charge in [0.25, 0.3) is 0 Å². The van der Waals surface area contributed by atoms with Crippen LogP contribution in [0.1, 0.15) is 41.5 Å². The van der Waals surface area contributed by atoms with Crippen molar-refractivity contribution in [2.45, 2.75) is 53.8 Å². The van der Waals surface area contributed by atoms with Crippen LogP contribution in [0, 0.1) is 5.41 Å². The Labute approximate surface area is 176 Å². The number of hydrogen-bond donors (Lipinski definition) is 2. The van der Waals surface area contributed by atoms with Gasteiger partial charge in [0.15, 0.2) is 0 Å². The van der Waals surface area contributed by atoms with Crippen molar-refractivity contribution in [1.29, 1.82) is 0 Å². The molecule has 10 heteroatoms. The molecule has 0 rings (SSSR count). The van der Waals surface area contributed by atoms with E-state index in [2.05, 4.69) is 0 Å². The third-order valence-electron chi connectivity index (χ3n) is 4.54. The van der Waals surface area contributed by atoms with Crippen LogP contribution in [0.25, 0.3) is 0 Å². The Morgan fingerprint density at radius 1 is 0.690 bits per heavy atom. The van der Waals surface area contributed by atoms with Gasteiger partial charge in [0, 0.05) is 30.1 Å². The molecule has 0 aromatic rings. The summed E-state index contributed by atoms with van der Waals surface area (Å²) < 4.78 is 46.2. The minimum atomic E-state index is -2.63. The Bertz CT molecular complexity index is 466. The van der Waals surface area contributed by atoms with E-state index in [9.17, 15) is 19.3 Å². The minimum absolute atomic E-state index is 0.0124. The lowest BCUT2D eigenvalue weighted by Crippen LogP contribution is -2.31. The highest BCUT2D eigenvalue weighted by atomic mass is 31.2. The number of rotatable bonds is 18. The highest BCUT2D eigenvalue weighted by molar-refractivity contribution is 7.59. The zero-order valence-corrected chi connectivity index (χ0v) is 20.8. The van der Waals surface area contributed by atoms with Gasteiger partial charge in [-0.25, -0.2) is 0 Å². The van der Waals surface area contributed by atoms with Gasteiger partial charge in [0.2, 0.25) is 14.7 Å². The zero-order valence-electron chi connectivity index (χ0n) is 19.0. The van der Waals surface area contributed by atoms with Crippen LogP contribution in [0.5, 0.6) is 0 Å². The molecule has 0 radical (unpaired) electrons. The van der Waals surface area contributed by atoms with Crippen molar-refractivity contribution in [1.82, 2.24) is 0 Å². The average molecular weight is 460 g/mol. The van der Waals surface area contributed by atoms with E-state index in [4.69, 9.17) is 18.5 Å². The Morgan fingerprint density at radius 3 is 1.28 bits per heavy atom. The maximum absolute atomic E-state index is 12.2. The molecule has 0 aromatic carbocycles. The van der Waals surface area contributed by atoms with E-state index in [1.807, 2.05) is 41.5 Å². The fraction of sp³-hybridized carbons (Fsp3) is 1.00. The molecule has 176 valence electrons. The Kier molecular flexibility index (Phi) is 14.4. The molecule has 0 saturated heterocycles. The van der Waals surface area contributed by atoms with Crippen LogP contribution in [0.15, 0.2) is 0 Å². The molecule has 2 unspecified atom stereocenters. The minimum Gasteiger partial charge on any atom is -0.388 e. The molecular weight excluding hydrogens is 418 g/mol. The predicted octanol–water partition coefficient (Wildman–Crippen LogP) is 3.44. The molecule has 8 nitrogen and oxygen atoms in total. The monoisotopic (exact) mass is 460 g/mol. The highest BCUT2D eigenvalue weighted by Crippen LogP contribution is 2.46. The number of hydrogen-bond acceptors (Lipinski definition) is 8. The maximum atomic E-state index is 12.2. The summed E-state index contributed by atoms with van der Waals surface area (Å²) in [5.41, 5.74) is -0.328. The zero-order chi connectivity index (χ0) is 22.6. The second-order valence-electron chi connectivity index (χ2n) is 7.99. The first kappa shape index (κ1) is 29.2. The number of ether oxygens (including phenoxy) is 2. The summed E-state index contributed by atoms with van der Waals surface area (Å²) >= 11 is 0. The van der Waals surface area contributed by atoms with Crippen LogP contribution in [0.2, 0.25) is 0 Å². The standard InChI is InChI=1S/C19H42O8P2/c1-7-28(22,8-2)26-13-17(20)11-24-15-19(5,6)16-25-12-18(21)14-27-29(23,9-3)10-4/h17-18,20-21H,7-16H2,1-6H3. The molecule has 0 aliphatic rings. The van der Waals surface area contributed by atoms with E-state index in [-0.39, 0.29) is 31.8 Å². The van der Waals surface area contributed by atoms with Crippen molar-refractivity contribution >= 4 is 14.7 Å². The summed E-state index contributed by atoms with van der Waals surface area (Å²) in [5, 5.41) is 19.9. The van der Waals surface area contributed by atoms with Gasteiger partial charge in [0.1, 0.15) is 12.2 Å². The summed E-state index contributed by atoms with van der Waals surface area (Å²) in [6.45, 7) is 12.0. The van der Waals surface area contributed by atoms with E-state index in [0.717, 1.165) is 0 Å². The maximum Gasteiger partial charge on any atom is 0.202 e. The average Bonchev–Trinajstić information content (AvgIpc) is 2.70. The van der Waals surface area contributed by atoms with E-state index in [0.29, 0.717) is 37.9 Å². The fourth-order valence-electron chi connectivity index (χ4n) is 2.34. The van der Waals surface area contributed by atoms with Gasteiger partial charge in [-0.05, 0) is 0 Å². The van der Waals surface area contributed by atoms with Gasteiger partial charge in [-0.15, -0.1) is 0 Å². The second kappa shape index (κ2) is 14.3. The predicted molar refractivity (Wildman–Crippen MR) is 117 cm³/mol. The van der Waals surface area contributed by atoms with Crippen LogP contribution in [-0.2, 0) is 27.7 Å². The lowest BCUT2D eigenvalue weighted by molar-refractivity contribution is -0.0550. The van der Waals surface area contributed by atoms with E-state index < -0.39 is 26.9 Å². The van der Waals surface area contributed by atoms with Gasteiger partial charge in [-0.3, -0.25) is 9.13 Å². The van der Waals surface area contributed by atoms with Gasteiger partial charge < -0.3 is 28.7 Å². The van der Waals surface area contributed by atoms with Crippen LogP contribution < -0.4 is 0 Å². The third kappa shape index (κ3) is 13.3. The van der Waals surface area contributed by atoms with Crippen LogP contribution >= 0.6 is 14.7 Å². The molecule has 0 aliphatic heterocycles. The van der Waals surface area contributed by atoms with Crippen molar-refractivity contribution in [3.8, 4) is 0 Å². The first-order valence-corrected chi connectivity index (χ1v) is 14.4. The van der Waals surface area contributed by atoms with E-state index in [1.54, 1.807) is 0 Å². The first-order valence-electron chi connectivity index (χ1n) is 10.4. The molecule has 0 saturated carbocycles. The lowest BCUT2D eigenvalue weighted by Gasteiger charge is -2.26. The Balaban J connectivity index is 4.06. The number of aliphatic hydroxyl groups is 2. The molecule has 0 bridgehead atoms. The van der Waals surface area contributed by atoms with Crippen molar-refractivity contribution in [2.75, 3.05) is 64.3 Å². The van der Waals surface area contributed by atoms with Gasteiger partial charge in [-0.1, -0.05) is 41.5 Å². The molecular formula is C19H42O8P2. The summed E-state index contributed by atoms with van der Waals surface area (Å²) in [6.07, 6.45) is 0.119. The fourth-order valence-corrected chi connectivity index (χ4v) is 4.85. The third-order valence-corrected chi connectivity index (χ3v) is 9.63. The van der Waals surface area contributed by atoms with E-state index in [1.165, 1.54) is 0 Å². The molecule has 0 amide bonds. The largest absolute Gasteiger partial charge is 0.388 e. The SMILES string of the molecule is CCP(=O)(CC)OCC(O)COCC(C)(C)COCC(O)COP(=O)(CC)CC. The van der Waals surface area contributed by atoms with Crippen molar-refractivity contribution in [3.05, 3.63) is 0 Å². The molecule has 0 heterocycles. The Hall–Kier alpha value is 0.220. The van der Waals surface area contributed by atoms with Crippen LogP contribution in [0.3, 0.4) is 0 Å². The van der Waals surface area contributed by atoms with Gasteiger partial charge in [-0.2, -0.15) is 0 Å². The molecule has 0 spiro atoms.